The maximum atomic E-state index is 13.1. The van der Waals surface area contributed by atoms with Crippen LogP contribution in [0.15, 0.2) is 83.1 Å². The molecule has 0 atom stereocenters. The highest BCUT2D eigenvalue weighted by Gasteiger charge is 2.10. The molecule has 1 heterocycles. The van der Waals surface area contributed by atoms with Crippen molar-refractivity contribution in [2.45, 2.75) is 4.90 Å². The molecule has 172 valence electrons. The number of carbonyl (C=O) groups is 2. The molecule has 0 aliphatic carbocycles. The maximum Gasteiger partial charge on any atom is 0.255 e. The molecule has 2 amide bonds. The van der Waals surface area contributed by atoms with E-state index < -0.39 is 0 Å². The van der Waals surface area contributed by atoms with Crippen molar-refractivity contribution in [3.8, 4) is 17.0 Å². The molecule has 0 aliphatic rings. The van der Waals surface area contributed by atoms with Crippen LogP contribution in [0.3, 0.4) is 0 Å². The SMILES string of the molecule is COc1ccc(C(=O)Nc2ccc(SCC(=O)Nc3nc(-c4ccc(F)cc4)cs3)cc2)cc1. The average Bonchev–Trinajstić information content (AvgIpc) is 3.32. The van der Waals surface area contributed by atoms with Crippen LogP contribution < -0.4 is 15.4 Å². The third-order valence-electron chi connectivity index (χ3n) is 4.72. The first kappa shape index (κ1) is 23.5. The molecule has 2 N–H and O–H groups in total. The number of hydrogen-bond acceptors (Lipinski definition) is 6. The van der Waals surface area contributed by atoms with Crippen LogP contribution in [0.5, 0.6) is 5.75 Å². The Hall–Kier alpha value is -3.69. The third kappa shape index (κ3) is 6.21. The van der Waals surface area contributed by atoms with Crippen LogP contribution in [-0.4, -0.2) is 29.7 Å². The minimum Gasteiger partial charge on any atom is -0.497 e. The molecule has 0 bridgehead atoms. The summed E-state index contributed by atoms with van der Waals surface area (Å²) in [6.07, 6.45) is 0. The summed E-state index contributed by atoms with van der Waals surface area (Å²) in [7, 11) is 1.57. The topological polar surface area (TPSA) is 80.3 Å². The smallest absolute Gasteiger partial charge is 0.255 e. The van der Waals surface area contributed by atoms with Crippen molar-refractivity contribution >= 4 is 45.7 Å². The Bertz CT molecular complexity index is 1270. The molecular weight excluding hydrogens is 473 g/mol. The van der Waals surface area contributed by atoms with Crippen LogP contribution in [0.4, 0.5) is 15.2 Å². The quantitative estimate of drug-likeness (QED) is 0.297. The average molecular weight is 494 g/mol. The zero-order valence-electron chi connectivity index (χ0n) is 18.1. The molecule has 0 unspecified atom stereocenters. The summed E-state index contributed by atoms with van der Waals surface area (Å²) in [5.74, 6) is 0.193. The van der Waals surface area contributed by atoms with Crippen LogP contribution in [0.1, 0.15) is 10.4 Å². The molecule has 4 aromatic rings. The Morgan fingerprint density at radius 3 is 2.35 bits per heavy atom. The second kappa shape index (κ2) is 11.0. The van der Waals surface area contributed by atoms with E-state index in [0.717, 1.165) is 10.5 Å². The van der Waals surface area contributed by atoms with E-state index in [4.69, 9.17) is 4.74 Å². The first-order valence-corrected chi connectivity index (χ1v) is 12.1. The van der Waals surface area contributed by atoms with E-state index in [-0.39, 0.29) is 23.4 Å². The summed E-state index contributed by atoms with van der Waals surface area (Å²) in [5.41, 5.74) is 2.65. The zero-order valence-corrected chi connectivity index (χ0v) is 19.7. The molecule has 0 saturated carbocycles. The van der Waals surface area contributed by atoms with Gasteiger partial charge >= 0.3 is 0 Å². The molecule has 6 nitrogen and oxygen atoms in total. The van der Waals surface area contributed by atoms with Gasteiger partial charge in [0.05, 0.1) is 18.6 Å². The summed E-state index contributed by atoms with van der Waals surface area (Å²) in [5, 5.41) is 7.93. The highest BCUT2D eigenvalue weighted by molar-refractivity contribution is 8.00. The summed E-state index contributed by atoms with van der Waals surface area (Å²) < 4.78 is 18.2. The standard InChI is InChI=1S/C25H20FN3O3S2/c1-32-20-10-4-17(5-11-20)24(31)27-19-8-12-21(13-9-19)33-15-23(30)29-25-28-22(14-34-25)16-2-6-18(26)7-3-16/h2-14H,15H2,1H3,(H,27,31)(H,28,29,30). The van der Waals surface area contributed by atoms with Gasteiger partial charge in [-0.2, -0.15) is 0 Å². The van der Waals surface area contributed by atoms with Gasteiger partial charge in [-0.05, 0) is 72.8 Å². The lowest BCUT2D eigenvalue weighted by atomic mass is 10.2. The number of halogens is 1. The number of aromatic nitrogens is 1. The van der Waals surface area contributed by atoms with Crippen LogP contribution in [0.2, 0.25) is 0 Å². The van der Waals surface area contributed by atoms with E-state index in [1.165, 1.54) is 35.2 Å². The van der Waals surface area contributed by atoms with Crippen molar-refractivity contribution in [1.29, 1.82) is 0 Å². The molecule has 34 heavy (non-hydrogen) atoms. The molecule has 0 radical (unpaired) electrons. The van der Waals surface area contributed by atoms with Gasteiger partial charge in [-0.15, -0.1) is 23.1 Å². The zero-order chi connectivity index (χ0) is 23.9. The van der Waals surface area contributed by atoms with Gasteiger partial charge in [0.1, 0.15) is 11.6 Å². The molecule has 0 spiro atoms. The molecule has 9 heteroatoms. The molecule has 0 saturated heterocycles. The van der Waals surface area contributed by atoms with Crippen molar-refractivity contribution in [2.75, 3.05) is 23.5 Å². The molecule has 0 aliphatic heterocycles. The number of thiazole rings is 1. The Labute approximate surface area is 204 Å². The number of benzene rings is 3. The number of nitrogens with one attached hydrogen (secondary N) is 2. The second-order valence-corrected chi connectivity index (χ2v) is 9.00. The van der Waals surface area contributed by atoms with E-state index in [9.17, 15) is 14.0 Å². The van der Waals surface area contributed by atoms with Gasteiger partial charge in [0.2, 0.25) is 5.91 Å². The van der Waals surface area contributed by atoms with Gasteiger partial charge in [-0.25, -0.2) is 9.37 Å². The summed E-state index contributed by atoms with van der Waals surface area (Å²) >= 11 is 2.69. The fraction of sp³-hybridized carbons (Fsp3) is 0.0800. The van der Waals surface area contributed by atoms with Crippen LogP contribution >= 0.6 is 23.1 Å². The first-order valence-electron chi connectivity index (χ1n) is 10.2. The normalized spacial score (nSPS) is 10.5. The Balaban J connectivity index is 1.26. The molecule has 1 aromatic heterocycles. The van der Waals surface area contributed by atoms with Gasteiger partial charge in [0, 0.05) is 27.1 Å². The molecule has 4 rings (SSSR count). The van der Waals surface area contributed by atoms with Gasteiger partial charge < -0.3 is 15.4 Å². The summed E-state index contributed by atoms with van der Waals surface area (Å²) in [6, 6.07) is 20.2. The van der Waals surface area contributed by atoms with E-state index >= 15 is 0 Å². The lowest BCUT2D eigenvalue weighted by Crippen LogP contribution is -2.13. The number of hydrogen-bond donors (Lipinski definition) is 2. The van der Waals surface area contributed by atoms with E-state index in [1.807, 2.05) is 17.5 Å². The Kier molecular flexibility index (Phi) is 7.56. The van der Waals surface area contributed by atoms with Crippen molar-refractivity contribution in [1.82, 2.24) is 4.98 Å². The number of amides is 2. The fourth-order valence-electron chi connectivity index (χ4n) is 2.97. The second-order valence-electron chi connectivity index (χ2n) is 7.09. The van der Waals surface area contributed by atoms with Crippen LogP contribution in [-0.2, 0) is 4.79 Å². The number of ether oxygens (including phenoxy) is 1. The number of methoxy groups -OCH3 is 1. The molecule has 3 aromatic carbocycles. The molecule has 0 fully saturated rings. The highest BCUT2D eigenvalue weighted by atomic mass is 32.2. The lowest BCUT2D eigenvalue weighted by molar-refractivity contribution is -0.113. The van der Waals surface area contributed by atoms with E-state index in [1.54, 1.807) is 55.6 Å². The number of thioether (sulfide) groups is 1. The van der Waals surface area contributed by atoms with Gasteiger partial charge in [-0.3, -0.25) is 9.59 Å². The van der Waals surface area contributed by atoms with Gasteiger partial charge in [0.25, 0.3) is 5.91 Å². The van der Waals surface area contributed by atoms with Crippen LogP contribution in [0, 0.1) is 5.82 Å². The highest BCUT2D eigenvalue weighted by Crippen LogP contribution is 2.26. The Morgan fingerprint density at radius 1 is 0.971 bits per heavy atom. The Morgan fingerprint density at radius 2 is 1.68 bits per heavy atom. The first-order chi connectivity index (χ1) is 16.5. The van der Waals surface area contributed by atoms with E-state index in [0.29, 0.717) is 27.8 Å². The lowest BCUT2D eigenvalue weighted by Gasteiger charge is -2.07. The monoisotopic (exact) mass is 493 g/mol. The predicted octanol–water partition coefficient (Wildman–Crippen LogP) is 5.94. The minimum absolute atomic E-state index is 0.179. The number of carbonyl (C=O) groups excluding carboxylic acids is 2. The number of rotatable bonds is 8. The largest absolute Gasteiger partial charge is 0.497 e. The summed E-state index contributed by atoms with van der Waals surface area (Å²) in [4.78, 5) is 30.0. The van der Waals surface area contributed by atoms with Crippen molar-refractivity contribution < 1.29 is 18.7 Å². The van der Waals surface area contributed by atoms with Crippen molar-refractivity contribution in [3.63, 3.8) is 0 Å². The van der Waals surface area contributed by atoms with Crippen LogP contribution in [0.25, 0.3) is 11.3 Å². The van der Waals surface area contributed by atoms with Gasteiger partial charge in [-0.1, -0.05) is 0 Å². The maximum absolute atomic E-state index is 13.1. The number of nitrogens with zero attached hydrogens (tertiary/aromatic N) is 1. The fourth-order valence-corrected chi connectivity index (χ4v) is 4.40. The van der Waals surface area contributed by atoms with Crippen molar-refractivity contribution in [3.05, 3.63) is 89.6 Å². The minimum atomic E-state index is -0.308. The molecular formula is C25H20FN3O3S2. The third-order valence-corrected chi connectivity index (χ3v) is 6.49. The van der Waals surface area contributed by atoms with Crippen molar-refractivity contribution in [2.24, 2.45) is 0 Å². The predicted molar refractivity (Wildman–Crippen MR) is 134 cm³/mol. The summed E-state index contributed by atoms with van der Waals surface area (Å²) in [6.45, 7) is 0. The van der Waals surface area contributed by atoms with Gasteiger partial charge in [0.15, 0.2) is 5.13 Å². The number of anilines is 2. The van der Waals surface area contributed by atoms with E-state index in [2.05, 4.69) is 15.6 Å².